The third kappa shape index (κ3) is 4.75. The molecular formula is C14H24N2O. The summed E-state index contributed by atoms with van der Waals surface area (Å²) in [6, 6.07) is 8.27. The van der Waals surface area contributed by atoms with E-state index in [4.69, 9.17) is 0 Å². The third-order valence-corrected chi connectivity index (χ3v) is 2.69. The summed E-state index contributed by atoms with van der Waals surface area (Å²) in [6.45, 7) is 5.62. The molecule has 0 amide bonds. The van der Waals surface area contributed by atoms with Crippen molar-refractivity contribution in [2.75, 3.05) is 32.5 Å². The molecule has 1 aromatic carbocycles. The van der Waals surface area contributed by atoms with Crippen LogP contribution in [0.25, 0.3) is 0 Å². The lowest BCUT2D eigenvalue weighted by Crippen LogP contribution is -2.31. The van der Waals surface area contributed by atoms with Gasteiger partial charge < -0.3 is 15.3 Å². The van der Waals surface area contributed by atoms with Crippen LogP contribution >= 0.6 is 0 Å². The van der Waals surface area contributed by atoms with Crippen molar-refractivity contribution in [1.82, 2.24) is 4.90 Å². The molecule has 0 heterocycles. The van der Waals surface area contributed by atoms with Crippen LogP contribution in [0.15, 0.2) is 24.3 Å². The van der Waals surface area contributed by atoms with Gasteiger partial charge in [-0.25, -0.2) is 0 Å². The molecule has 96 valence electrons. The van der Waals surface area contributed by atoms with Crippen molar-refractivity contribution in [2.45, 2.75) is 25.9 Å². The standard InChI is InChI=1S/C14H24N2O/c1-11(2)13-7-5-6-8-14(13)15-9-12(17)10-16(3)4/h5-8,11-12,15,17H,9-10H2,1-4H3. The Bertz CT molecular complexity index is 337. The van der Waals surface area contributed by atoms with Gasteiger partial charge in [0, 0.05) is 18.8 Å². The highest BCUT2D eigenvalue weighted by molar-refractivity contribution is 5.52. The molecular weight excluding hydrogens is 212 g/mol. The summed E-state index contributed by atoms with van der Waals surface area (Å²) in [7, 11) is 3.93. The van der Waals surface area contributed by atoms with E-state index in [9.17, 15) is 5.11 Å². The Morgan fingerprint density at radius 3 is 2.47 bits per heavy atom. The molecule has 1 atom stereocenters. The third-order valence-electron chi connectivity index (χ3n) is 2.69. The van der Waals surface area contributed by atoms with Crippen molar-refractivity contribution in [3.63, 3.8) is 0 Å². The summed E-state index contributed by atoms with van der Waals surface area (Å²) in [5.41, 5.74) is 2.42. The first-order valence-electron chi connectivity index (χ1n) is 6.16. The molecule has 0 aliphatic rings. The largest absolute Gasteiger partial charge is 0.390 e. The lowest BCUT2D eigenvalue weighted by Gasteiger charge is -2.19. The predicted molar refractivity (Wildman–Crippen MR) is 73.6 cm³/mol. The summed E-state index contributed by atoms with van der Waals surface area (Å²) in [5, 5.41) is 13.1. The molecule has 0 spiro atoms. The molecule has 1 unspecified atom stereocenters. The number of rotatable bonds is 6. The SMILES string of the molecule is CC(C)c1ccccc1NCC(O)CN(C)C. The van der Waals surface area contributed by atoms with Crippen LogP contribution in [0, 0.1) is 0 Å². The molecule has 2 N–H and O–H groups in total. The molecule has 3 nitrogen and oxygen atoms in total. The van der Waals surface area contributed by atoms with Crippen LogP contribution in [0.2, 0.25) is 0 Å². The van der Waals surface area contributed by atoms with Gasteiger partial charge in [0.2, 0.25) is 0 Å². The fourth-order valence-corrected chi connectivity index (χ4v) is 1.88. The van der Waals surface area contributed by atoms with Crippen molar-refractivity contribution in [3.8, 4) is 0 Å². The number of nitrogens with one attached hydrogen (secondary N) is 1. The van der Waals surface area contributed by atoms with Crippen molar-refractivity contribution >= 4 is 5.69 Å². The van der Waals surface area contributed by atoms with Gasteiger partial charge in [-0.2, -0.15) is 0 Å². The Hall–Kier alpha value is -1.06. The Balaban J connectivity index is 2.57. The summed E-state index contributed by atoms with van der Waals surface area (Å²) in [4.78, 5) is 1.99. The highest BCUT2D eigenvalue weighted by Gasteiger charge is 2.08. The van der Waals surface area contributed by atoms with Gasteiger partial charge in [-0.05, 0) is 31.6 Å². The van der Waals surface area contributed by atoms with Gasteiger partial charge in [0.1, 0.15) is 0 Å². The van der Waals surface area contributed by atoms with Crippen LogP contribution in [-0.4, -0.2) is 43.3 Å². The number of aliphatic hydroxyl groups is 1. The van der Waals surface area contributed by atoms with Gasteiger partial charge in [-0.15, -0.1) is 0 Å². The summed E-state index contributed by atoms with van der Waals surface area (Å²) in [6.07, 6.45) is -0.342. The number of anilines is 1. The lowest BCUT2D eigenvalue weighted by molar-refractivity contribution is 0.148. The molecule has 3 heteroatoms. The lowest BCUT2D eigenvalue weighted by atomic mass is 10.0. The Labute approximate surface area is 104 Å². The highest BCUT2D eigenvalue weighted by atomic mass is 16.3. The van der Waals surface area contributed by atoms with E-state index in [2.05, 4.69) is 37.4 Å². The average Bonchev–Trinajstić information content (AvgIpc) is 2.25. The van der Waals surface area contributed by atoms with E-state index in [1.807, 2.05) is 25.1 Å². The highest BCUT2D eigenvalue weighted by Crippen LogP contribution is 2.23. The van der Waals surface area contributed by atoms with Crippen LogP contribution in [0.3, 0.4) is 0 Å². The fourth-order valence-electron chi connectivity index (χ4n) is 1.88. The Morgan fingerprint density at radius 1 is 1.24 bits per heavy atom. The number of nitrogens with zero attached hydrogens (tertiary/aromatic N) is 1. The molecule has 1 aromatic rings. The van der Waals surface area contributed by atoms with Gasteiger partial charge >= 0.3 is 0 Å². The van der Waals surface area contributed by atoms with E-state index in [-0.39, 0.29) is 6.10 Å². The number of para-hydroxylation sites is 1. The normalized spacial score (nSPS) is 13.1. The molecule has 0 saturated heterocycles. The molecule has 0 aromatic heterocycles. The zero-order valence-corrected chi connectivity index (χ0v) is 11.3. The van der Waals surface area contributed by atoms with Crippen LogP contribution in [0.1, 0.15) is 25.3 Å². The zero-order valence-electron chi connectivity index (χ0n) is 11.3. The number of likely N-dealkylation sites (N-methyl/N-ethyl adjacent to an activating group) is 1. The first kappa shape index (κ1) is 14.0. The van der Waals surface area contributed by atoms with Gasteiger partial charge in [-0.3, -0.25) is 0 Å². The summed E-state index contributed by atoms with van der Waals surface area (Å²) < 4.78 is 0. The first-order chi connectivity index (χ1) is 8.00. The predicted octanol–water partition coefficient (Wildman–Crippen LogP) is 2.14. The minimum absolute atomic E-state index is 0.342. The molecule has 0 fully saturated rings. The van der Waals surface area contributed by atoms with Crippen molar-refractivity contribution < 1.29 is 5.11 Å². The molecule has 1 rings (SSSR count). The number of benzene rings is 1. The molecule has 0 bridgehead atoms. The molecule has 0 aliphatic heterocycles. The fraction of sp³-hybridized carbons (Fsp3) is 0.571. The topological polar surface area (TPSA) is 35.5 Å². The summed E-state index contributed by atoms with van der Waals surface area (Å²) in [5.74, 6) is 0.490. The second kappa shape index (κ2) is 6.62. The Morgan fingerprint density at radius 2 is 1.88 bits per heavy atom. The van der Waals surface area contributed by atoms with Crippen LogP contribution in [0.4, 0.5) is 5.69 Å². The number of hydrogen-bond acceptors (Lipinski definition) is 3. The maximum atomic E-state index is 9.81. The van der Waals surface area contributed by atoms with Crippen molar-refractivity contribution in [1.29, 1.82) is 0 Å². The molecule has 17 heavy (non-hydrogen) atoms. The summed E-state index contributed by atoms with van der Waals surface area (Å²) >= 11 is 0. The van der Waals surface area contributed by atoms with E-state index in [0.717, 1.165) is 5.69 Å². The van der Waals surface area contributed by atoms with Crippen LogP contribution in [0.5, 0.6) is 0 Å². The van der Waals surface area contributed by atoms with Crippen molar-refractivity contribution in [3.05, 3.63) is 29.8 Å². The van der Waals surface area contributed by atoms with E-state index in [1.165, 1.54) is 5.56 Å². The van der Waals surface area contributed by atoms with Gasteiger partial charge in [-0.1, -0.05) is 32.0 Å². The minimum Gasteiger partial charge on any atom is -0.390 e. The van der Waals surface area contributed by atoms with Crippen LogP contribution < -0.4 is 5.32 Å². The quantitative estimate of drug-likeness (QED) is 0.794. The maximum Gasteiger partial charge on any atom is 0.0838 e. The average molecular weight is 236 g/mol. The smallest absolute Gasteiger partial charge is 0.0838 e. The maximum absolute atomic E-state index is 9.81. The van der Waals surface area contributed by atoms with Crippen molar-refractivity contribution in [2.24, 2.45) is 0 Å². The monoisotopic (exact) mass is 236 g/mol. The van der Waals surface area contributed by atoms with Gasteiger partial charge in [0.15, 0.2) is 0 Å². The first-order valence-corrected chi connectivity index (χ1v) is 6.16. The van der Waals surface area contributed by atoms with E-state index in [1.54, 1.807) is 0 Å². The molecule has 0 saturated carbocycles. The minimum atomic E-state index is -0.342. The zero-order chi connectivity index (χ0) is 12.8. The van der Waals surface area contributed by atoms with E-state index >= 15 is 0 Å². The van der Waals surface area contributed by atoms with Crippen LogP contribution in [-0.2, 0) is 0 Å². The molecule has 0 aliphatic carbocycles. The number of aliphatic hydroxyl groups excluding tert-OH is 1. The molecule has 0 radical (unpaired) electrons. The second-order valence-corrected chi connectivity index (χ2v) is 5.04. The van der Waals surface area contributed by atoms with E-state index < -0.39 is 0 Å². The number of hydrogen-bond donors (Lipinski definition) is 2. The van der Waals surface area contributed by atoms with E-state index in [0.29, 0.717) is 19.0 Å². The second-order valence-electron chi connectivity index (χ2n) is 5.04. The van der Waals surface area contributed by atoms with Gasteiger partial charge in [0.25, 0.3) is 0 Å². The van der Waals surface area contributed by atoms with Gasteiger partial charge in [0.05, 0.1) is 6.10 Å². The Kier molecular flexibility index (Phi) is 5.45.